The number of aromatic nitrogens is 4. The van der Waals surface area contributed by atoms with Gasteiger partial charge in [0.25, 0.3) is 5.56 Å². The molecule has 3 N–H and O–H groups in total. The Kier molecular flexibility index (Phi) is 4.49. The van der Waals surface area contributed by atoms with E-state index in [4.69, 9.17) is 10.5 Å². The smallest absolute Gasteiger partial charge is 0.261 e. The summed E-state index contributed by atoms with van der Waals surface area (Å²) < 4.78 is 7.08. The molecule has 29 heavy (non-hydrogen) atoms. The summed E-state index contributed by atoms with van der Waals surface area (Å²) in [6, 6.07) is 11.7. The lowest BCUT2D eigenvalue weighted by molar-refractivity contribution is 0.0362. The molecule has 0 spiro atoms. The first kappa shape index (κ1) is 17.8. The second-order valence-electron chi connectivity index (χ2n) is 7.28. The molecule has 8 nitrogen and oxygen atoms in total. The van der Waals surface area contributed by atoms with Crippen molar-refractivity contribution in [2.24, 2.45) is 0 Å². The number of hydrogen-bond donors (Lipinski definition) is 2. The summed E-state index contributed by atoms with van der Waals surface area (Å²) >= 11 is 0. The van der Waals surface area contributed by atoms with Gasteiger partial charge < -0.3 is 15.5 Å². The van der Waals surface area contributed by atoms with Crippen LogP contribution in [0, 0.1) is 0 Å². The Balaban J connectivity index is 1.47. The summed E-state index contributed by atoms with van der Waals surface area (Å²) in [5.41, 5.74) is 10.1. The van der Waals surface area contributed by atoms with Gasteiger partial charge in [-0.25, -0.2) is 9.97 Å². The first-order valence-corrected chi connectivity index (χ1v) is 9.72. The third-order valence-electron chi connectivity index (χ3n) is 5.42. The normalized spacial score (nSPS) is 15.3. The number of anilines is 1. The summed E-state index contributed by atoms with van der Waals surface area (Å²) in [7, 11) is 0. The molecule has 8 heteroatoms. The number of nitrogens with two attached hydrogens (primary N) is 1. The molecule has 1 aliphatic rings. The Morgan fingerprint density at radius 1 is 1.03 bits per heavy atom. The van der Waals surface area contributed by atoms with Gasteiger partial charge in [-0.1, -0.05) is 12.1 Å². The van der Waals surface area contributed by atoms with E-state index >= 15 is 0 Å². The van der Waals surface area contributed by atoms with Crippen LogP contribution in [0.25, 0.3) is 33.1 Å². The van der Waals surface area contributed by atoms with Crippen molar-refractivity contribution in [2.75, 3.05) is 38.6 Å². The number of imidazole rings is 1. The number of rotatable bonds is 4. The highest BCUT2D eigenvalue weighted by molar-refractivity contribution is 5.87. The van der Waals surface area contributed by atoms with Gasteiger partial charge >= 0.3 is 0 Å². The molecule has 0 bridgehead atoms. The van der Waals surface area contributed by atoms with Crippen LogP contribution in [0.2, 0.25) is 0 Å². The van der Waals surface area contributed by atoms with E-state index in [1.165, 1.54) is 0 Å². The zero-order valence-corrected chi connectivity index (χ0v) is 16.0. The minimum Gasteiger partial charge on any atom is -0.379 e. The number of ether oxygens (including phenoxy) is 1. The standard InChI is InChI=1S/C21H22N6O2/c22-21-24-18-4-2-15(12-19(18)25-21)14-1-3-17-16(11-14)20(28)27(13-23-17)6-5-26-7-9-29-10-8-26/h1-4,11-13H,5-10H2,(H3,22,24,25). The Morgan fingerprint density at radius 2 is 1.79 bits per heavy atom. The molecule has 0 saturated carbocycles. The number of benzene rings is 2. The van der Waals surface area contributed by atoms with Crippen LogP contribution in [-0.4, -0.2) is 57.3 Å². The zero-order chi connectivity index (χ0) is 19.8. The fraction of sp³-hybridized carbons (Fsp3) is 0.286. The van der Waals surface area contributed by atoms with Crippen LogP contribution in [0.15, 0.2) is 47.5 Å². The molecule has 1 aliphatic heterocycles. The molecule has 1 fully saturated rings. The number of hydrogen-bond acceptors (Lipinski definition) is 6. The third-order valence-corrected chi connectivity index (χ3v) is 5.42. The molecule has 4 aromatic rings. The van der Waals surface area contributed by atoms with Crippen molar-refractivity contribution in [3.63, 3.8) is 0 Å². The lowest BCUT2D eigenvalue weighted by atomic mass is 10.0. The first-order valence-electron chi connectivity index (χ1n) is 9.72. The van der Waals surface area contributed by atoms with Gasteiger partial charge in [-0.05, 0) is 35.4 Å². The molecule has 1 saturated heterocycles. The molecule has 0 atom stereocenters. The lowest BCUT2D eigenvalue weighted by Gasteiger charge is -2.26. The van der Waals surface area contributed by atoms with E-state index in [2.05, 4.69) is 19.9 Å². The van der Waals surface area contributed by atoms with Crippen LogP contribution < -0.4 is 11.3 Å². The number of morpholine rings is 1. The van der Waals surface area contributed by atoms with Gasteiger partial charge in [-0.3, -0.25) is 14.3 Å². The van der Waals surface area contributed by atoms with Crippen molar-refractivity contribution >= 4 is 27.9 Å². The summed E-state index contributed by atoms with van der Waals surface area (Å²) in [4.78, 5) is 27.1. The van der Waals surface area contributed by atoms with E-state index in [0.717, 1.165) is 55.0 Å². The van der Waals surface area contributed by atoms with E-state index in [1.807, 2.05) is 36.4 Å². The lowest BCUT2D eigenvalue weighted by Crippen LogP contribution is -2.39. The van der Waals surface area contributed by atoms with Crippen molar-refractivity contribution in [3.8, 4) is 11.1 Å². The molecular formula is C21H22N6O2. The van der Waals surface area contributed by atoms with Gasteiger partial charge in [-0.2, -0.15) is 0 Å². The number of nitrogens with one attached hydrogen (secondary N) is 1. The zero-order valence-electron chi connectivity index (χ0n) is 16.0. The quantitative estimate of drug-likeness (QED) is 0.551. The molecule has 0 aliphatic carbocycles. The largest absolute Gasteiger partial charge is 0.379 e. The summed E-state index contributed by atoms with van der Waals surface area (Å²) in [5, 5.41) is 0.621. The molecule has 5 rings (SSSR count). The summed E-state index contributed by atoms with van der Waals surface area (Å²) in [6.45, 7) is 4.74. The van der Waals surface area contributed by atoms with Gasteiger partial charge in [0.1, 0.15) is 0 Å². The van der Waals surface area contributed by atoms with Crippen LogP contribution in [0.3, 0.4) is 0 Å². The van der Waals surface area contributed by atoms with Crippen LogP contribution in [-0.2, 0) is 11.3 Å². The maximum absolute atomic E-state index is 13.0. The maximum atomic E-state index is 13.0. The Labute approximate surface area is 166 Å². The van der Waals surface area contributed by atoms with Gasteiger partial charge in [0.15, 0.2) is 5.95 Å². The summed E-state index contributed by atoms with van der Waals surface area (Å²) in [6.07, 6.45) is 1.64. The van der Waals surface area contributed by atoms with Gasteiger partial charge in [0.2, 0.25) is 0 Å². The van der Waals surface area contributed by atoms with Gasteiger partial charge in [-0.15, -0.1) is 0 Å². The first-order chi connectivity index (χ1) is 14.2. The molecule has 3 heterocycles. The van der Waals surface area contributed by atoms with Crippen LogP contribution in [0.5, 0.6) is 0 Å². The molecule has 2 aromatic heterocycles. The van der Waals surface area contributed by atoms with Crippen molar-refractivity contribution in [1.29, 1.82) is 0 Å². The van der Waals surface area contributed by atoms with E-state index in [-0.39, 0.29) is 5.56 Å². The van der Waals surface area contributed by atoms with Crippen LogP contribution >= 0.6 is 0 Å². The fourth-order valence-electron chi connectivity index (χ4n) is 3.78. The average Bonchev–Trinajstić information content (AvgIpc) is 3.13. The van der Waals surface area contributed by atoms with Crippen molar-refractivity contribution in [1.82, 2.24) is 24.4 Å². The number of aromatic amines is 1. The highest BCUT2D eigenvalue weighted by Crippen LogP contribution is 2.25. The van der Waals surface area contributed by atoms with E-state index in [0.29, 0.717) is 23.4 Å². The van der Waals surface area contributed by atoms with Crippen molar-refractivity contribution in [2.45, 2.75) is 6.54 Å². The fourth-order valence-corrected chi connectivity index (χ4v) is 3.78. The number of nitrogens with zero attached hydrogens (tertiary/aromatic N) is 4. The highest BCUT2D eigenvalue weighted by Gasteiger charge is 2.12. The Hall–Kier alpha value is -3.23. The second-order valence-corrected chi connectivity index (χ2v) is 7.28. The number of fused-ring (bicyclic) bond motifs is 2. The molecule has 0 amide bonds. The van der Waals surface area contributed by atoms with E-state index in [9.17, 15) is 4.79 Å². The third kappa shape index (κ3) is 3.48. The molecule has 148 valence electrons. The monoisotopic (exact) mass is 390 g/mol. The van der Waals surface area contributed by atoms with Crippen molar-refractivity contribution in [3.05, 3.63) is 53.1 Å². The predicted molar refractivity (Wildman–Crippen MR) is 113 cm³/mol. The predicted octanol–water partition coefficient (Wildman–Crippen LogP) is 1.85. The van der Waals surface area contributed by atoms with E-state index < -0.39 is 0 Å². The molecule has 0 unspecified atom stereocenters. The van der Waals surface area contributed by atoms with Crippen molar-refractivity contribution < 1.29 is 4.74 Å². The number of nitrogen functional groups attached to an aromatic ring is 1. The van der Waals surface area contributed by atoms with Crippen LogP contribution in [0.4, 0.5) is 5.95 Å². The molecular weight excluding hydrogens is 368 g/mol. The SMILES string of the molecule is Nc1nc2ccc(-c3ccc4ncn(CCN5CCOCC5)c(=O)c4c3)cc2[nH]1. The number of H-pyrrole nitrogens is 1. The molecule has 0 radical (unpaired) electrons. The van der Waals surface area contributed by atoms with E-state index in [1.54, 1.807) is 10.9 Å². The Bertz CT molecular complexity index is 1240. The topological polar surface area (TPSA) is 102 Å². The second kappa shape index (κ2) is 7.31. The maximum Gasteiger partial charge on any atom is 0.261 e. The molecule has 2 aromatic carbocycles. The van der Waals surface area contributed by atoms with Crippen LogP contribution in [0.1, 0.15) is 0 Å². The Morgan fingerprint density at radius 3 is 2.62 bits per heavy atom. The average molecular weight is 390 g/mol. The van der Waals surface area contributed by atoms with Gasteiger partial charge in [0, 0.05) is 26.2 Å². The highest BCUT2D eigenvalue weighted by atomic mass is 16.5. The minimum absolute atomic E-state index is 0.0167. The summed E-state index contributed by atoms with van der Waals surface area (Å²) in [5.74, 6) is 0.392. The minimum atomic E-state index is -0.0167. The van der Waals surface area contributed by atoms with Gasteiger partial charge in [0.05, 0.1) is 41.5 Å².